The molecule has 16 heavy (non-hydrogen) atoms. The molecule has 0 unspecified atom stereocenters. The number of halogens is 3. The summed E-state index contributed by atoms with van der Waals surface area (Å²) in [5.74, 6) is -0.812. The summed E-state index contributed by atoms with van der Waals surface area (Å²) in [4.78, 5) is 10.5. The van der Waals surface area contributed by atoms with E-state index in [9.17, 15) is 18.0 Å². The topological polar surface area (TPSA) is 68.0 Å². The standard InChI is InChI=1S/C8H10F3N3O2/c1-5-12-13-6(2-3-8(9,10)11)14(5)4-7(15)16/h2-4H2,1H3,(H,15,16). The van der Waals surface area contributed by atoms with Crippen molar-refractivity contribution in [3.63, 3.8) is 0 Å². The van der Waals surface area contributed by atoms with Crippen molar-refractivity contribution in [3.8, 4) is 0 Å². The highest BCUT2D eigenvalue weighted by atomic mass is 19.4. The Bertz CT molecular complexity index is 386. The van der Waals surface area contributed by atoms with Crippen molar-refractivity contribution in [1.82, 2.24) is 14.8 Å². The van der Waals surface area contributed by atoms with Gasteiger partial charge >= 0.3 is 12.1 Å². The number of aliphatic carboxylic acids is 1. The Balaban J connectivity index is 2.76. The van der Waals surface area contributed by atoms with Crippen molar-refractivity contribution in [2.24, 2.45) is 0 Å². The Labute approximate surface area is 88.9 Å². The lowest BCUT2D eigenvalue weighted by Crippen LogP contribution is -2.16. The highest BCUT2D eigenvalue weighted by Gasteiger charge is 2.28. The molecule has 1 heterocycles. The molecule has 90 valence electrons. The van der Waals surface area contributed by atoms with E-state index in [-0.39, 0.29) is 12.2 Å². The van der Waals surface area contributed by atoms with Crippen LogP contribution < -0.4 is 0 Å². The second-order valence-electron chi connectivity index (χ2n) is 3.26. The van der Waals surface area contributed by atoms with Crippen LogP contribution in [0.4, 0.5) is 13.2 Å². The maximum Gasteiger partial charge on any atom is 0.389 e. The van der Waals surface area contributed by atoms with Gasteiger partial charge in [0.2, 0.25) is 0 Å². The second kappa shape index (κ2) is 4.50. The molecule has 0 aliphatic rings. The lowest BCUT2D eigenvalue weighted by Gasteiger charge is -2.07. The van der Waals surface area contributed by atoms with E-state index in [1.165, 1.54) is 6.92 Å². The molecule has 1 aromatic heterocycles. The number of rotatable bonds is 4. The number of hydrogen-bond donors (Lipinski definition) is 1. The average molecular weight is 237 g/mol. The number of hydrogen-bond acceptors (Lipinski definition) is 3. The molecule has 1 N–H and O–H groups in total. The first-order valence-electron chi connectivity index (χ1n) is 4.47. The summed E-state index contributed by atoms with van der Waals surface area (Å²) in [7, 11) is 0. The molecule has 0 amide bonds. The molecule has 0 aliphatic heterocycles. The van der Waals surface area contributed by atoms with Crippen LogP contribution in [-0.2, 0) is 17.8 Å². The second-order valence-corrected chi connectivity index (χ2v) is 3.26. The maximum atomic E-state index is 12.0. The number of carboxylic acids is 1. The fourth-order valence-electron chi connectivity index (χ4n) is 1.20. The molecule has 0 saturated heterocycles. The smallest absolute Gasteiger partial charge is 0.389 e. The molecule has 0 bridgehead atoms. The largest absolute Gasteiger partial charge is 0.480 e. The van der Waals surface area contributed by atoms with Gasteiger partial charge in [-0.15, -0.1) is 10.2 Å². The van der Waals surface area contributed by atoms with E-state index in [0.717, 1.165) is 4.57 Å². The Kier molecular flexibility index (Phi) is 3.51. The van der Waals surface area contributed by atoms with E-state index in [0.29, 0.717) is 5.82 Å². The zero-order chi connectivity index (χ0) is 12.3. The molecule has 1 rings (SSSR count). The molecule has 0 fully saturated rings. The predicted molar refractivity (Wildman–Crippen MR) is 46.8 cm³/mol. The van der Waals surface area contributed by atoms with Crippen LogP contribution in [0.3, 0.4) is 0 Å². The van der Waals surface area contributed by atoms with Crippen molar-refractivity contribution in [3.05, 3.63) is 11.6 Å². The summed E-state index contributed by atoms with van der Waals surface area (Å²) >= 11 is 0. The summed E-state index contributed by atoms with van der Waals surface area (Å²) in [6, 6.07) is 0. The normalized spacial score (nSPS) is 11.8. The molecule has 0 saturated carbocycles. The molecule has 5 nitrogen and oxygen atoms in total. The molecule has 8 heteroatoms. The van der Waals surface area contributed by atoms with Crippen molar-refractivity contribution < 1.29 is 23.1 Å². The van der Waals surface area contributed by atoms with Gasteiger partial charge in [0, 0.05) is 6.42 Å². The van der Waals surface area contributed by atoms with Crippen LogP contribution in [0.15, 0.2) is 0 Å². The van der Waals surface area contributed by atoms with E-state index in [2.05, 4.69) is 10.2 Å². The lowest BCUT2D eigenvalue weighted by atomic mass is 10.3. The molecule has 0 radical (unpaired) electrons. The van der Waals surface area contributed by atoms with Gasteiger partial charge in [-0.1, -0.05) is 0 Å². The van der Waals surface area contributed by atoms with E-state index in [1.54, 1.807) is 0 Å². The molecule has 1 aromatic rings. The number of carbonyl (C=O) groups is 1. The minimum Gasteiger partial charge on any atom is -0.480 e. The maximum absolute atomic E-state index is 12.0. The van der Waals surface area contributed by atoms with Crippen LogP contribution >= 0.6 is 0 Å². The van der Waals surface area contributed by atoms with E-state index in [4.69, 9.17) is 5.11 Å². The van der Waals surface area contributed by atoms with Crippen molar-refractivity contribution >= 4 is 5.97 Å². The number of aromatic nitrogens is 3. The summed E-state index contributed by atoms with van der Waals surface area (Å²) in [6.45, 7) is 1.07. The zero-order valence-electron chi connectivity index (χ0n) is 8.45. The van der Waals surface area contributed by atoms with Crippen LogP contribution in [0.5, 0.6) is 0 Å². The molecule has 0 atom stereocenters. The summed E-state index contributed by atoms with van der Waals surface area (Å²) < 4.78 is 37.1. The van der Waals surface area contributed by atoms with E-state index >= 15 is 0 Å². The Morgan fingerprint density at radius 2 is 2.06 bits per heavy atom. The molecule has 0 aliphatic carbocycles. The first-order chi connectivity index (χ1) is 7.29. The van der Waals surface area contributed by atoms with Crippen LogP contribution in [-0.4, -0.2) is 32.0 Å². The van der Waals surface area contributed by atoms with Crippen LogP contribution in [0.25, 0.3) is 0 Å². The highest BCUT2D eigenvalue weighted by Crippen LogP contribution is 2.21. The number of carboxylic acid groups (broad SMARTS) is 1. The van der Waals surface area contributed by atoms with Gasteiger partial charge < -0.3 is 9.67 Å². The van der Waals surface area contributed by atoms with Gasteiger partial charge in [0.05, 0.1) is 6.42 Å². The summed E-state index contributed by atoms with van der Waals surface area (Å²) in [6.07, 6.45) is -5.68. The van der Waals surface area contributed by atoms with Crippen molar-refractivity contribution in [2.45, 2.75) is 32.5 Å². The zero-order valence-corrected chi connectivity index (χ0v) is 8.45. The fraction of sp³-hybridized carbons (Fsp3) is 0.625. The minimum atomic E-state index is -4.28. The Morgan fingerprint density at radius 3 is 2.56 bits per heavy atom. The highest BCUT2D eigenvalue weighted by molar-refractivity contribution is 5.66. The summed E-state index contributed by atoms with van der Waals surface area (Å²) in [5, 5.41) is 15.6. The van der Waals surface area contributed by atoms with Crippen LogP contribution in [0.1, 0.15) is 18.1 Å². The Hall–Kier alpha value is -1.60. The quantitative estimate of drug-likeness (QED) is 0.853. The monoisotopic (exact) mass is 237 g/mol. The molecular weight excluding hydrogens is 227 g/mol. The van der Waals surface area contributed by atoms with Gasteiger partial charge in [0.15, 0.2) is 0 Å². The average Bonchev–Trinajstić information content (AvgIpc) is 2.43. The number of nitrogens with zero attached hydrogens (tertiary/aromatic N) is 3. The molecule has 0 spiro atoms. The van der Waals surface area contributed by atoms with Gasteiger partial charge in [-0.05, 0) is 6.92 Å². The van der Waals surface area contributed by atoms with E-state index in [1.807, 2.05) is 0 Å². The minimum absolute atomic E-state index is 0.0391. The third-order valence-electron chi connectivity index (χ3n) is 1.94. The van der Waals surface area contributed by atoms with Crippen molar-refractivity contribution in [1.29, 1.82) is 0 Å². The number of aryl methyl sites for hydroxylation is 2. The Morgan fingerprint density at radius 1 is 1.44 bits per heavy atom. The van der Waals surface area contributed by atoms with E-state index < -0.39 is 25.1 Å². The van der Waals surface area contributed by atoms with Gasteiger partial charge in [0.25, 0.3) is 0 Å². The molecular formula is C8H10F3N3O2. The van der Waals surface area contributed by atoms with Crippen molar-refractivity contribution in [2.75, 3.05) is 0 Å². The first kappa shape index (κ1) is 12.5. The van der Waals surface area contributed by atoms with Gasteiger partial charge in [-0.3, -0.25) is 4.79 Å². The third kappa shape index (κ3) is 3.52. The fourth-order valence-corrected chi connectivity index (χ4v) is 1.20. The third-order valence-corrected chi connectivity index (χ3v) is 1.94. The lowest BCUT2D eigenvalue weighted by molar-refractivity contribution is -0.137. The van der Waals surface area contributed by atoms with Gasteiger partial charge in [-0.2, -0.15) is 13.2 Å². The first-order valence-corrected chi connectivity index (χ1v) is 4.47. The molecule has 0 aromatic carbocycles. The van der Waals surface area contributed by atoms with Gasteiger partial charge in [-0.25, -0.2) is 0 Å². The SMILES string of the molecule is Cc1nnc(CCC(F)(F)F)n1CC(=O)O. The van der Waals surface area contributed by atoms with Gasteiger partial charge in [0.1, 0.15) is 18.2 Å². The number of alkyl halides is 3. The van der Waals surface area contributed by atoms with Crippen LogP contribution in [0, 0.1) is 6.92 Å². The predicted octanol–water partition coefficient (Wildman–Crippen LogP) is 1.17. The van der Waals surface area contributed by atoms with Crippen LogP contribution in [0.2, 0.25) is 0 Å². The summed E-state index contributed by atoms with van der Waals surface area (Å²) in [5.41, 5.74) is 0.